The number of likely N-dealkylation sites (tertiary alicyclic amines) is 1. The summed E-state index contributed by atoms with van der Waals surface area (Å²) in [6.07, 6.45) is 4.47. The van der Waals surface area contributed by atoms with Gasteiger partial charge < -0.3 is 15.5 Å². The van der Waals surface area contributed by atoms with Crippen molar-refractivity contribution in [3.05, 3.63) is 64.1 Å². The Bertz CT molecular complexity index is 1330. The number of aryl methyl sites for hydroxylation is 1. The highest BCUT2D eigenvalue weighted by atomic mass is 16.2. The summed E-state index contributed by atoms with van der Waals surface area (Å²) in [4.78, 5) is 51.5. The highest BCUT2D eigenvalue weighted by Gasteiger charge is 2.34. The van der Waals surface area contributed by atoms with Crippen molar-refractivity contribution >= 4 is 28.8 Å². The second-order valence-corrected chi connectivity index (χ2v) is 9.95. The van der Waals surface area contributed by atoms with Gasteiger partial charge in [0.1, 0.15) is 5.52 Å². The quantitative estimate of drug-likeness (QED) is 0.588. The number of primary amides is 1. The maximum absolute atomic E-state index is 13.7. The van der Waals surface area contributed by atoms with E-state index in [0.29, 0.717) is 62.5 Å². The van der Waals surface area contributed by atoms with Crippen molar-refractivity contribution in [2.45, 2.75) is 39.2 Å². The van der Waals surface area contributed by atoms with Crippen LogP contribution in [-0.4, -0.2) is 57.4 Å². The molecule has 3 aromatic rings. The standard InChI is InChI=1S/C27H32N6O3/c1-18-6-8-19(9-7-18)16-33-24-22(5-2-12-29-24)30-25(27(33)36)32-13-3-4-21(17-32)26(35)31-14-10-20(11-15-31)23(28)34/h2,5-9,12,20-21H,3-4,10-11,13-17H2,1H3,(H2,28,34)/t21-/m1/s1. The second kappa shape index (κ2) is 10.1. The molecule has 0 spiro atoms. The van der Waals surface area contributed by atoms with Crippen molar-refractivity contribution in [1.82, 2.24) is 19.4 Å². The molecule has 1 aromatic carbocycles. The van der Waals surface area contributed by atoms with Crippen LogP contribution in [0.15, 0.2) is 47.4 Å². The number of anilines is 1. The average Bonchev–Trinajstić information content (AvgIpc) is 2.91. The van der Waals surface area contributed by atoms with Gasteiger partial charge in [0, 0.05) is 38.3 Å². The molecule has 2 amide bonds. The highest BCUT2D eigenvalue weighted by molar-refractivity contribution is 5.81. The molecule has 1 atom stereocenters. The predicted molar refractivity (Wildman–Crippen MR) is 138 cm³/mol. The fourth-order valence-electron chi connectivity index (χ4n) is 5.30. The van der Waals surface area contributed by atoms with Gasteiger partial charge in [0.2, 0.25) is 11.8 Å². The number of hydrogen-bond acceptors (Lipinski definition) is 6. The average molecular weight is 489 g/mol. The number of hydrogen-bond donors (Lipinski definition) is 1. The minimum Gasteiger partial charge on any atom is -0.369 e. The summed E-state index contributed by atoms with van der Waals surface area (Å²) in [6, 6.07) is 11.8. The number of rotatable bonds is 5. The van der Waals surface area contributed by atoms with Crippen LogP contribution >= 0.6 is 0 Å². The van der Waals surface area contributed by atoms with Crippen LogP contribution < -0.4 is 16.2 Å². The molecule has 0 bridgehead atoms. The molecule has 0 radical (unpaired) electrons. The van der Waals surface area contributed by atoms with Gasteiger partial charge in [-0.3, -0.25) is 19.0 Å². The first kappa shape index (κ1) is 24.0. The van der Waals surface area contributed by atoms with Gasteiger partial charge in [0.05, 0.1) is 12.5 Å². The van der Waals surface area contributed by atoms with E-state index in [1.54, 1.807) is 10.8 Å². The first-order chi connectivity index (χ1) is 17.4. The third-order valence-electron chi connectivity index (χ3n) is 7.42. The van der Waals surface area contributed by atoms with E-state index in [9.17, 15) is 14.4 Å². The predicted octanol–water partition coefficient (Wildman–Crippen LogP) is 2.09. The molecule has 0 unspecified atom stereocenters. The van der Waals surface area contributed by atoms with E-state index in [1.165, 1.54) is 0 Å². The molecule has 2 aromatic heterocycles. The van der Waals surface area contributed by atoms with Crippen LogP contribution in [0.1, 0.15) is 36.8 Å². The lowest BCUT2D eigenvalue weighted by molar-refractivity contribution is -0.138. The number of fused-ring (bicyclic) bond motifs is 1. The molecule has 9 nitrogen and oxygen atoms in total. The van der Waals surface area contributed by atoms with Gasteiger partial charge in [-0.25, -0.2) is 9.97 Å². The monoisotopic (exact) mass is 488 g/mol. The van der Waals surface area contributed by atoms with Crippen molar-refractivity contribution in [3.63, 3.8) is 0 Å². The SMILES string of the molecule is Cc1ccc(Cn2c(=O)c(N3CCC[C@@H](C(=O)N4CCC(C(N)=O)CC4)C3)nc3cccnc32)cc1. The molecule has 2 aliphatic heterocycles. The Kier molecular flexibility index (Phi) is 6.71. The lowest BCUT2D eigenvalue weighted by Gasteiger charge is -2.37. The molecule has 36 heavy (non-hydrogen) atoms. The lowest BCUT2D eigenvalue weighted by Crippen LogP contribution is -2.49. The molecule has 0 aliphatic carbocycles. The number of pyridine rings is 1. The van der Waals surface area contributed by atoms with Gasteiger partial charge in [-0.2, -0.15) is 0 Å². The summed E-state index contributed by atoms with van der Waals surface area (Å²) < 4.78 is 1.68. The Morgan fingerprint density at radius 3 is 2.50 bits per heavy atom. The third-order valence-corrected chi connectivity index (χ3v) is 7.42. The van der Waals surface area contributed by atoms with Gasteiger partial charge in [0.25, 0.3) is 5.56 Å². The molecule has 2 N–H and O–H groups in total. The molecular formula is C27H32N6O3. The highest BCUT2D eigenvalue weighted by Crippen LogP contribution is 2.25. The van der Waals surface area contributed by atoms with E-state index < -0.39 is 0 Å². The van der Waals surface area contributed by atoms with Crippen molar-refractivity contribution in [2.75, 3.05) is 31.1 Å². The smallest absolute Gasteiger partial charge is 0.295 e. The van der Waals surface area contributed by atoms with E-state index in [1.807, 2.05) is 53.1 Å². The number of piperidine rings is 2. The summed E-state index contributed by atoms with van der Waals surface area (Å²) in [6.45, 7) is 4.65. The zero-order chi connectivity index (χ0) is 25.2. The second-order valence-electron chi connectivity index (χ2n) is 9.95. The van der Waals surface area contributed by atoms with Crippen molar-refractivity contribution in [1.29, 1.82) is 0 Å². The normalized spacial score (nSPS) is 19.0. The number of benzene rings is 1. The molecule has 188 valence electrons. The summed E-state index contributed by atoms with van der Waals surface area (Å²) in [5.74, 6) is -0.193. The molecule has 2 fully saturated rings. The van der Waals surface area contributed by atoms with E-state index in [2.05, 4.69) is 4.98 Å². The number of nitrogens with two attached hydrogens (primary N) is 1. The number of aromatic nitrogens is 3. The molecule has 0 saturated carbocycles. The van der Waals surface area contributed by atoms with E-state index in [4.69, 9.17) is 10.7 Å². The van der Waals surface area contributed by atoms with Crippen molar-refractivity contribution in [3.8, 4) is 0 Å². The number of carbonyl (C=O) groups excluding carboxylic acids is 2. The first-order valence-electron chi connectivity index (χ1n) is 12.6. The fraction of sp³-hybridized carbons (Fsp3) is 0.444. The van der Waals surface area contributed by atoms with Crippen LogP contribution in [0.25, 0.3) is 11.2 Å². The Morgan fingerprint density at radius 2 is 1.78 bits per heavy atom. The molecule has 9 heteroatoms. The van der Waals surface area contributed by atoms with E-state index in [0.717, 1.165) is 24.0 Å². The first-order valence-corrected chi connectivity index (χ1v) is 12.6. The number of carbonyl (C=O) groups is 2. The van der Waals surface area contributed by atoms with Crippen LogP contribution in [0.2, 0.25) is 0 Å². The Morgan fingerprint density at radius 1 is 1.03 bits per heavy atom. The summed E-state index contributed by atoms with van der Waals surface area (Å²) in [5.41, 5.74) is 8.62. The summed E-state index contributed by atoms with van der Waals surface area (Å²) in [7, 11) is 0. The van der Waals surface area contributed by atoms with Crippen LogP contribution in [0.3, 0.4) is 0 Å². The van der Waals surface area contributed by atoms with Gasteiger partial charge in [0.15, 0.2) is 11.5 Å². The fourth-order valence-corrected chi connectivity index (χ4v) is 5.30. The van der Waals surface area contributed by atoms with E-state index in [-0.39, 0.29) is 29.2 Å². The van der Waals surface area contributed by atoms with Gasteiger partial charge in [-0.15, -0.1) is 0 Å². The largest absolute Gasteiger partial charge is 0.369 e. The zero-order valence-corrected chi connectivity index (χ0v) is 20.6. The summed E-state index contributed by atoms with van der Waals surface area (Å²) in [5, 5.41) is 0. The van der Waals surface area contributed by atoms with Crippen molar-refractivity contribution in [2.24, 2.45) is 17.6 Å². The van der Waals surface area contributed by atoms with Gasteiger partial charge in [-0.1, -0.05) is 29.8 Å². The molecular weight excluding hydrogens is 456 g/mol. The maximum Gasteiger partial charge on any atom is 0.295 e. The summed E-state index contributed by atoms with van der Waals surface area (Å²) >= 11 is 0. The van der Waals surface area contributed by atoms with Crippen LogP contribution in [-0.2, 0) is 16.1 Å². The van der Waals surface area contributed by atoms with Crippen molar-refractivity contribution < 1.29 is 9.59 Å². The number of amides is 2. The minimum atomic E-state index is -0.287. The third kappa shape index (κ3) is 4.82. The molecule has 2 saturated heterocycles. The Balaban J connectivity index is 1.40. The number of nitrogens with zero attached hydrogens (tertiary/aromatic N) is 5. The molecule has 4 heterocycles. The maximum atomic E-state index is 13.7. The van der Waals surface area contributed by atoms with Crippen LogP contribution in [0.5, 0.6) is 0 Å². The van der Waals surface area contributed by atoms with Gasteiger partial charge >= 0.3 is 0 Å². The molecule has 5 rings (SSSR count). The Labute approximate surface area is 209 Å². The lowest BCUT2D eigenvalue weighted by atomic mass is 9.92. The molecule has 2 aliphatic rings. The Hall–Kier alpha value is -3.75. The zero-order valence-electron chi connectivity index (χ0n) is 20.6. The minimum absolute atomic E-state index is 0.0880. The van der Waals surface area contributed by atoms with Crippen LogP contribution in [0.4, 0.5) is 5.82 Å². The van der Waals surface area contributed by atoms with Crippen LogP contribution in [0, 0.1) is 18.8 Å². The van der Waals surface area contributed by atoms with E-state index >= 15 is 0 Å². The van der Waals surface area contributed by atoms with Gasteiger partial charge in [-0.05, 0) is 50.3 Å². The topological polar surface area (TPSA) is 114 Å².